The minimum absolute atomic E-state index is 0.171. The third-order valence-corrected chi connectivity index (χ3v) is 5.16. The third kappa shape index (κ3) is 3.57. The Kier molecular flexibility index (Phi) is 5.27. The monoisotopic (exact) mass is 372 g/mol. The van der Waals surface area contributed by atoms with Crippen LogP contribution in [0.15, 0.2) is 41.0 Å². The molecule has 0 saturated carbocycles. The van der Waals surface area contributed by atoms with Gasteiger partial charge in [0.25, 0.3) is 5.91 Å². The number of carbonyl (C=O) groups excluding carboxylic acids is 1. The number of aromatic nitrogens is 1. The predicted molar refractivity (Wildman–Crippen MR) is 100.0 cm³/mol. The van der Waals surface area contributed by atoms with E-state index in [-0.39, 0.29) is 11.9 Å². The molecular weight excluding hydrogens is 352 g/mol. The number of hydrogen-bond donors (Lipinski definition) is 1. The molecule has 0 saturated heterocycles. The fourth-order valence-corrected chi connectivity index (χ4v) is 3.54. The van der Waals surface area contributed by atoms with Gasteiger partial charge in [-0.3, -0.25) is 4.79 Å². The van der Waals surface area contributed by atoms with Crippen molar-refractivity contribution in [2.75, 3.05) is 14.2 Å². The molecule has 7 heteroatoms. The number of amides is 1. The molecule has 0 bridgehead atoms. The maximum Gasteiger partial charge on any atom is 0.263 e. The lowest BCUT2D eigenvalue weighted by atomic mass is 10.2. The standard InChI is InChI=1S/C19H20N2O4S/c1-11(14-6-5-9-25-14)20-18(22)17-12(2)21-19(26-17)13-7-8-15(23-3)16(10-13)24-4/h5-11H,1-4H3,(H,20,22)/t11-/m1/s1. The van der Waals surface area contributed by atoms with E-state index in [1.54, 1.807) is 26.5 Å². The SMILES string of the molecule is COc1ccc(-c2nc(C)c(C(=O)N[C@H](C)c3ccco3)s2)cc1OC. The Balaban J connectivity index is 1.84. The number of hydrogen-bond acceptors (Lipinski definition) is 6. The Morgan fingerprint density at radius 3 is 2.65 bits per heavy atom. The van der Waals surface area contributed by atoms with Gasteiger partial charge < -0.3 is 19.2 Å². The summed E-state index contributed by atoms with van der Waals surface area (Å²) in [5.41, 5.74) is 1.55. The van der Waals surface area contributed by atoms with Crippen molar-refractivity contribution in [1.29, 1.82) is 0 Å². The fourth-order valence-electron chi connectivity index (χ4n) is 2.57. The van der Waals surface area contributed by atoms with Crippen LogP contribution in [0.2, 0.25) is 0 Å². The van der Waals surface area contributed by atoms with Crippen LogP contribution in [-0.4, -0.2) is 25.1 Å². The Labute approximate surface area is 155 Å². The molecule has 3 rings (SSSR count). The van der Waals surface area contributed by atoms with Crippen LogP contribution in [0.4, 0.5) is 0 Å². The Bertz CT molecular complexity index is 902. The largest absolute Gasteiger partial charge is 0.493 e. The van der Waals surface area contributed by atoms with Gasteiger partial charge in [-0.25, -0.2) is 4.98 Å². The first-order valence-corrected chi connectivity index (χ1v) is 8.89. The average molecular weight is 372 g/mol. The summed E-state index contributed by atoms with van der Waals surface area (Å²) in [5, 5.41) is 3.69. The number of rotatable bonds is 6. The second-order valence-electron chi connectivity index (χ2n) is 5.71. The second kappa shape index (κ2) is 7.61. The number of aryl methyl sites for hydroxylation is 1. The average Bonchev–Trinajstić information content (AvgIpc) is 3.30. The number of methoxy groups -OCH3 is 2. The lowest BCUT2D eigenvalue weighted by molar-refractivity contribution is 0.0938. The molecule has 0 spiro atoms. The summed E-state index contributed by atoms with van der Waals surface area (Å²) in [4.78, 5) is 17.7. The molecule has 0 fully saturated rings. The molecule has 2 aromatic heterocycles. The van der Waals surface area contributed by atoms with E-state index < -0.39 is 0 Å². The highest BCUT2D eigenvalue weighted by Crippen LogP contribution is 2.35. The highest BCUT2D eigenvalue weighted by Gasteiger charge is 2.20. The maximum absolute atomic E-state index is 12.6. The molecule has 1 N–H and O–H groups in total. The number of carbonyl (C=O) groups is 1. The summed E-state index contributed by atoms with van der Waals surface area (Å²) in [5.74, 6) is 1.81. The minimum atomic E-state index is -0.219. The highest BCUT2D eigenvalue weighted by molar-refractivity contribution is 7.17. The number of nitrogens with one attached hydrogen (secondary N) is 1. The molecular formula is C19H20N2O4S. The molecule has 0 aliphatic carbocycles. The van der Waals surface area contributed by atoms with Crippen LogP contribution in [0.1, 0.15) is 34.1 Å². The van der Waals surface area contributed by atoms with Gasteiger partial charge in [-0.2, -0.15) is 0 Å². The molecule has 6 nitrogen and oxygen atoms in total. The first kappa shape index (κ1) is 18.0. The molecule has 0 unspecified atom stereocenters. The summed E-state index contributed by atoms with van der Waals surface area (Å²) < 4.78 is 15.9. The molecule has 0 radical (unpaired) electrons. The maximum atomic E-state index is 12.6. The van der Waals surface area contributed by atoms with Gasteiger partial charge in [0.2, 0.25) is 0 Å². The van der Waals surface area contributed by atoms with Gasteiger partial charge in [0.15, 0.2) is 11.5 Å². The minimum Gasteiger partial charge on any atom is -0.493 e. The van der Waals surface area contributed by atoms with E-state index in [4.69, 9.17) is 13.9 Å². The number of ether oxygens (including phenoxy) is 2. The van der Waals surface area contributed by atoms with Crippen molar-refractivity contribution < 1.29 is 18.7 Å². The van der Waals surface area contributed by atoms with Crippen LogP contribution in [0.5, 0.6) is 11.5 Å². The number of nitrogens with zero attached hydrogens (tertiary/aromatic N) is 1. The molecule has 1 aromatic carbocycles. The van der Waals surface area contributed by atoms with E-state index in [2.05, 4.69) is 10.3 Å². The van der Waals surface area contributed by atoms with Crippen LogP contribution in [0, 0.1) is 6.92 Å². The van der Waals surface area contributed by atoms with Crippen molar-refractivity contribution in [3.8, 4) is 22.1 Å². The lowest BCUT2D eigenvalue weighted by Gasteiger charge is -2.10. The second-order valence-corrected chi connectivity index (χ2v) is 6.71. The van der Waals surface area contributed by atoms with Crippen LogP contribution < -0.4 is 14.8 Å². The Hall–Kier alpha value is -2.80. The van der Waals surface area contributed by atoms with Crippen LogP contribution in [0.25, 0.3) is 10.6 Å². The van der Waals surface area contributed by atoms with E-state index in [0.717, 1.165) is 10.6 Å². The van der Waals surface area contributed by atoms with E-state index in [9.17, 15) is 4.79 Å². The summed E-state index contributed by atoms with van der Waals surface area (Å²) in [6, 6.07) is 8.98. The van der Waals surface area contributed by atoms with Gasteiger partial charge in [0.05, 0.1) is 32.2 Å². The predicted octanol–water partition coefficient (Wildman–Crippen LogP) is 4.22. The Morgan fingerprint density at radius 2 is 2.00 bits per heavy atom. The number of thiazole rings is 1. The zero-order chi connectivity index (χ0) is 18.7. The van der Waals surface area contributed by atoms with Crippen molar-refractivity contribution in [3.05, 3.63) is 52.9 Å². The summed E-state index contributed by atoms with van der Waals surface area (Å²) in [6.45, 7) is 3.70. The van der Waals surface area contributed by atoms with Crippen LogP contribution >= 0.6 is 11.3 Å². The van der Waals surface area contributed by atoms with Crippen molar-refractivity contribution in [2.24, 2.45) is 0 Å². The van der Waals surface area contributed by atoms with Crippen LogP contribution in [0.3, 0.4) is 0 Å². The molecule has 26 heavy (non-hydrogen) atoms. The molecule has 1 atom stereocenters. The molecule has 0 aliphatic rings. The fraction of sp³-hybridized carbons (Fsp3) is 0.263. The van der Waals surface area contributed by atoms with Crippen molar-refractivity contribution >= 4 is 17.2 Å². The molecule has 0 aliphatic heterocycles. The molecule has 3 aromatic rings. The quantitative estimate of drug-likeness (QED) is 0.701. The van der Waals surface area contributed by atoms with E-state index in [1.165, 1.54) is 11.3 Å². The molecule has 1 amide bonds. The van der Waals surface area contributed by atoms with Gasteiger partial charge in [-0.15, -0.1) is 11.3 Å². The molecule has 136 valence electrons. The summed E-state index contributed by atoms with van der Waals surface area (Å²) in [7, 11) is 3.18. The van der Waals surface area contributed by atoms with Gasteiger partial charge in [0.1, 0.15) is 15.6 Å². The summed E-state index contributed by atoms with van der Waals surface area (Å²) >= 11 is 1.34. The first-order chi connectivity index (χ1) is 12.5. The third-order valence-electron chi connectivity index (χ3n) is 3.95. The van der Waals surface area contributed by atoms with Crippen molar-refractivity contribution in [1.82, 2.24) is 10.3 Å². The van der Waals surface area contributed by atoms with E-state index in [1.807, 2.05) is 38.1 Å². The van der Waals surface area contributed by atoms with Crippen molar-refractivity contribution in [3.63, 3.8) is 0 Å². The van der Waals surface area contributed by atoms with Gasteiger partial charge in [0, 0.05) is 5.56 Å². The zero-order valence-corrected chi connectivity index (χ0v) is 15.8. The van der Waals surface area contributed by atoms with Crippen LogP contribution in [-0.2, 0) is 0 Å². The highest BCUT2D eigenvalue weighted by atomic mass is 32.1. The van der Waals surface area contributed by atoms with Gasteiger partial charge in [-0.05, 0) is 44.2 Å². The smallest absolute Gasteiger partial charge is 0.263 e. The first-order valence-electron chi connectivity index (χ1n) is 8.07. The number of benzene rings is 1. The number of furan rings is 1. The lowest BCUT2D eigenvalue weighted by Crippen LogP contribution is -2.26. The Morgan fingerprint density at radius 1 is 1.23 bits per heavy atom. The topological polar surface area (TPSA) is 73.6 Å². The zero-order valence-electron chi connectivity index (χ0n) is 15.0. The normalized spacial score (nSPS) is 11.8. The summed E-state index contributed by atoms with van der Waals surface area (Å²) in [6.07, 6.45) is 1.59. The van der Waals surface area contributed by atoms with Gasteiger partial charge in [-0.1, -0.05) is 0 Å². The van der Waals surface area contributed by atoms with Gasteiger partial charge >= 0.3 is 0 Å². The van der Waals surface area contributed by atoms with Crippen molar-refractivity contribution in [2.45, 2.75) is 19.9 Å². The molecule has 2 heterocycles. The van der Waals surface area contributed by atoms with E-state index in [0.29, 0.717) is 27.8 Å². The van der Waals surface area contributed by atoms with E-state index >= 15 is 0 Å².